The molecule has 0 amide bonds. The zero-order chi connectivity index (χ0) is 15.1. The van der Waals surface area contributed by atoms with Gasteiger partial charge in [-0.15, -0.1) is 0 Å². The zero-order valence-corrected chi connectivity index (χ0v) is 13.4. The van der Waals surface area contributed by atoms with Crippen molar-refractivity contribution in [3.05, 3.63) is 18.3 Å². The molecule has 3 N–H and O–H groups in total. The summed E-state index contributed by atoms with van der Waals surface area (Å²) >= 11 is 1.21. The number of unbranched alkanes of at least 4 members (excludes halogenated alkanes) is 1. The van der Waals surface area contributed by atoms with Crippen LogP contribution in [0, 0.1) is 17.1 Å². The topological polar surface area (TPSA) is 74.7 Å². The molecule has 1 fully saturated rings. The molecule has 0 radical (unpaired) electrons. The lowest BCUT2D eigenvalue weighted by Gasteiger charge is -2.10. The van der Waals surface area contributed by atoms with E-state index in [1.165, 1.54) is 31.2 Å². The number of anilines is 1. The number of hydrogen-bond donors (Lipinski definition) is 2. The largest absolute Gasteiger partial charge is 0.370 e. The number of rotatable bonds is 7. The summed E-state index contributed by atoms with van der Waals surface area (Å²) in [6, 6.07) is 3.94. The van der Waals surface area contributed by atoms with Gasteiger partial charge in [-0.1, -0.05) is 38.3 Å². The van der Waals surface area contributed by atoms with Gasteiger partial charge in [0, 0.05) is 23.6 Å². The molecule has 0 aromatic carbocycles. The molecular formula is C15H23BN4S. The Bertz CT molecular complexity index is 474. The fourth-order valence-electron chi connectivity index (χ4n) is 3.12. The first kappa shape index (κ1) is 16.2. The van der Waals surface area contributed by atoms with Crippen LogP contribution >= 0.6 is 11.9 Å². The van der Waals surface area contributed by atoms with Crippen molar-refractivity contribution in [2.75, 3.05) is 11.9 Å². The Morgan fingerprint density at radius 3 is 3.00 bits per heavy atom. The minimum Gasteiger partial charge on any atom is -0.370 e. The Morgan fingerprint density at radius 2 is 2.38 bits per heavy atom. The van der Waals surface area contributed by atoms with Gasteiger partial charge in [0.25, 0.3) is 6.71 Å². The van der Waals surface area contributed by atoms with Crippen molar-refractivity contribution in [2.24, 2.45) is 11.1 Å². The van der Waals surface area contributed by atoms with Crippen LogP contribution in [0.25, 0.3) is 0 Å². The molecule has 0 spiro atoms. The molecule has 1 aromatic rings. The van der Waals surface area contributed by atoms with Gasteiger partial charge >= 0.3 is 0 Å². The fraction of sp³-hybridized carbons (Fsp3) is 0.600. The van der Waals surface area contributed by atoms with Crippen molar-refractivity contribution in [3.63, 3.8) is 0 Å². The molecule has 1 aromatic heterocycles. The highest BCUT2D eigenvalue weighted by Gasteiger charge is 2.34. The summed E-state index contributed by atoms with van der Waals surface area (Å²) in [6.07, 6.45) is 7.74. The van der Waals surface area contributed by atoms with E-state index in [0.29, 0.717) is 5.82 Å². The Kier molecular flexibility index (Phi) is 6.40. The van der Waals surface area contributed by atoms with Crippen LogP contribution in [0.5, 0.6) is 0 Å². The van der Waals surface area contributed by atoms with Gasteiger partial charge < -0.3 is 5.32 Å². The highest BCUT2D eigenvalue weighted by molar-refractivity contribution is 7.97. The third kappa shape index (κ3) is 4.94. The number of nitrogens with one attached hydrogen (secondary N) is 1. The predicted molar refractivity (Wildman–Crippen MR) is 90.3 cm³/mol. The van der Waals surface area contributed by atoms with Gasteiger partial charge in [0.15, 0.2) is 0 Å². The maximum atomic E-state index is 9.05. The molecule has 2 heterocycles. The Morgan fingerprint density at radius 1 is 1.52 bits per heavy atom. The summed E-state index contributed by atoms with van der Waals surface area (Å²) in [4.78, 5) is 5.28. The van der Waals surface area contributed by atoms with Crippen LogP contribution in [-0.2, 0) is 0 Å². The summed E-state index contributed by atoms with van der Waals surface area (Å²) in [6.45, 7) is 3.45. The predicted octanol–water partition coefficient (Wildman–Crippen LogP) is 3.60. The van der Waals surface area contributed by atoms with E-state index < -0.39 is 0 Å². The van der Waals surface area contributed by atoms with Crippen LogP contribution in [0.1, 0.15) is 32.6 Å². The molecule has 1 aliphatic rings. The van der Waals surface area contributed by atoms with Crippen molar-refractivity contribution in [3.8, 4) is 5.97 Å². The standard InChI is InChI=1S/C15H23BN4S/c1-12-8-13(9-16(12)11-17)4-2-3-7-19-15-6-5-14(21-18)10-20-15/h5-6,10,12-13H,2-4,7-9,18H2,1H3,(H,19,20). The molecule has 2 rings (SSSR count). The minimum atomic E-state index is 0.288. The molecule has 2 atom stereocenters. The molecule has 0 bridgehead atoms. The van der Waals surface area contributed by atoms with Gasteiger partial charge in [-0.05, 0) is 36.4 Å². The van der Waals surface area contributed by atoms with E-state index in [9.17, 15) is 0 Å². The highest BCUT2D eigenvalue weighted by Crippen LogP contribution is 2.37. The number of nitrogens with zero attached hydrogens (tertiary/aromatic N) is 2. The molecule has 1 saturated heterocycles. The van der Waals surface area contributed by atoms with Gasteiger partial charge in [-0.3, -0.25) is 5.14 Å². The van der Waals surface area contributed by atoms with Crippen LogP contribution in [0.3, 0.4) is 0 Å². The number of pyridine rings is 1. The number of aromatic nitrogens is 1. The average Bonchev–Trinajstić information content (AvgIpc) is 2.87. The number of hydrogen-bond acceptors (Lipinski definition) is 5. The summed E-state index contributed by atoms with van der Waals surface area (Å²) < 4.78 is 0. The van der Waals surface area contributed by atoms with Crippen LogP contribution in [0.4, 0.5) is 5.82 Å². The lowest BCUT2D eigenvalue weighted by molar-refractivity contribution is 0.489. The number of nitriles is 1. The SMILES string of the molecule is CC1CC(CCCCNc2ccc(SN)cn2)CB1C#N. The Balaban J connectivity index is 1.59. The maximum absolute atomic E-state index is 9.05. The van der Waals surface area contributed by atoms with Gasteiger partial charge in [-0.25, -0.2) is 10.2 Å². The second-order valence-corrected chi connectivity index (χ2v) is 6.68. The maximum Gasteiger partial charge on any atom is 0.271 e. The van der Waals surface area contributed by atoms with Crippen molar-refractivity contribution < 1.29 is 0 Å². The summed E-state index contributed by atoms with van der Waals surface area (Å²) in [7, 11) is 0. The molecule has 4 nitrogen and oxygen atoms in total. The second-order valence-electron chi connectivity index (χ2n) is 5.97. The first-order valence-electron chi connectivity index (χ1n) is 7.69. The molecule has 1 aliphatic heterocycles. The summed E-state index contributed by atoms with van der Waals surface area (Å²) in [5.74, 6) is 4.69. The molecule has 112 valence electrons. The Labute approximate surface area is 132 Å². The molecule has 2 unspecified atom stereocenters. The zero-order valence-electron chi connectivity index (χ0n) is 12.6. The minimum absolute atomic E-state index is 0.288. The highest BCUT2D eigenvalue weighted by atomic mass is 32.2. The van der Waals surface area contributed by atoms with E-state index in [2.05, 4.69) is 23.2 Å². The van der Waals surface area contributed by atoms with Crippen LogP contribution in [0.2, 0.25) is 12.1 Å². The average molecular weight is 302 g/mol. The van der Waals surface area contributed by atoms with Crippen molar-refractivity contribution in [1.82, 2.24) is 4.98 Å². The van der Waals surface area contributed by atoms with Crippen molar-refractivity contribution in [2.45, 2.75) is 49.6 Å². The lowest BCUT2D eigenvalue weighted by Crippen LogP contribution is -2.08. The Hall–Kier alpha value is -1.19. The van der Waals surface area contributed by atoms with E-state index in [1.807, 2.05) is 12.1 Å². The molecule has 0 saturated carbocycles. The fourth-order valence-corrected chi connectivity index (χ4v) is 3.38. The van der Waals surface area contributed by atoms with Crippen molar-refractivity contribution >= 4 is 24.5 Å². The smallest absolute Gasteiger partial charge is 0.271 e. The first-order valence-corrected chi connectivity index (χ1v) is 8.57. The van der Waals surface area contributed by atoms with E-state index >= 15 is 0 Å². The lowest BCUT2D eigenvalue weighted by atomic mass is 9.44. The van der Waals surface area contributed by atoms with E-state index in [1.54, 1.807) is 6.20 Å². The molecule has 6 heteroatoms. The molecular weight excluding hydrogens is 279 g/mol. The van der Waals surface area contributed by atoms with Gasteiger partial charge in [-0.2, -0.15) is 0 Å². The van der Waals surface area contributed by atoms with Crippen molar-refractivity contribution in [1.29, 1.82) is 5.26 Å². The van der Waals surface area contributed by atoms with Crippen LogP contribution in [0.15, 0.2) is 23.2 Å². The summed E-state index contributed by atoms with van der Waals surface area (Å²) in [5.41, 5.74) is 0. The third-order valence-electron chi connectivity index (χ3n) is 4.36. The van der Waals surface area contributed by atoms with E-state index in [4.69, 9.17) is 10.4 Å². The van der Waals surface area contributed by atoms with E-state index in [-0.39, 0.29) is 6.71 Å². The molecule has 0 aliphatic carbocycles. The number of nitrogens with two attached hydrogens (primary N) is 1. The van der Waals surface area contributed by atoms with Crippen LogP contribution in [-0.4, -0.2) is 18.2 Å². The normalized spacial score (nSPS) is 21.3. The summed E-state index contributed by atoms with van der Waals surface area (Å²) in [5, 5.41) is 17.9. The van der Waals surface area contributed by atoms with Gasteiger partial charge in [0.1, 0.15) is 5.82 Å². The van der Waals surface area contributed by atoms with Gasteiger partial charge in [0.2, 0.25) is 0 Å². The van der Waals surface area contributed by atoms with E-state index in [0.717, 1.165) is 35.9 Å². The quantitative estimate of drug-likeness (QED) is 0.457. The van der Waals surface area contributed by atoms with Crippen LogP contribution < -0.4 is 10.5 Å². The second kappa shape index (κ2) is 8.30. The third-order valence-corrected chi connectivity index (χ3v) is 4.88. The molecule has 21 heavy (non-hydrogen) atoms. The first-order chi connectivity index (χ1) is 10.2. The monoisotopic (exact) mass is 302 g/mol. The van der Waals surface area contributed by atoms with Gasteiger partial charge in [0.05, 0.1) is 0 Å².